The molecular formula is C10H15NO. The topological polar surface area (TPSA) is 20.3 Å². The number of hydrogen-bond acceptors (Lipinski definition) is 1. The minimum atomic E-state index is 0.183. The van der Waals surface area contributed by atoms with Crippen molar-refractivity contribution in [2.24, 2.45) is 5.92 Å². The van der Waals surface area contributed by atoms with Gasteiger partial charge in [-0.05, 0) is 12.8 Å². The molecule has 1 heterocycles. The molecule has 1 aliphatic heterocycles. The van der Waals surface area contributed by atoms with Crippen molar-refractivity contribution in [3.63, 3.8) is 0 Å². The molecule has 0 aromatic carbocycles. The molecule has 0 aliphatic carbocycles. The first-order chi connectivity index (χ1) is 5.79. The van der Waals surface area contributed by atoms with Crippen LogP contribution in [-0.2, 0) is 4.79 Å². The van der Waals surface area contributed by atoms with Crippen molar-refractivity contribution < 1.29 is 4.79 Å². The van der Waals surface area contributed by atoms with Crippen molar-refractivity contribution in [2.45, 2.75) is 12.8 Å². The molecule has 66 valence electrons. The number of amides is 1. The van der Waals surface area contributed by atoms with Crippen LogP contribution >= 0.6 is 0 Å². The van der Waals surface area contributed by atoms with Gasteiger partial charge >= 0.3 is 0 Å². The fourth-order valence-electron chi connectivity index (χ4n) is 1.56. The Morgan fingerprint density at radius 1 is 1.50 bits per heavy atom. The number of nitrogens with zero attached hydrogens (tertiary/aromatic N) is 1. The van der Waals surface area contributed by atoms with Gasteiger partial charge in [0.15, 0.2) is 0 Å². The van der Waals surface area contributed by atoms with Crippen LogP contribution in [0.15, 0.2) is 25.3 Å². The largest absolute Gasteiger partial charge is 0.339 e. The van der Waals surface area contributed by atoms with Crippen molar-refractivity contribution in [1.82, 2.24) is 4.90 Å². The van der Waals surface area contributed by atoms with E-state index in [4.69, 9.17) is 0 Å². The van der Waals surface area contributed by atoms with Gasteiger partial charge in [0, 0.05) is 19.0 Å². The lowest BCUT2D eigenvalue weighted by Crippen LogP contribution is -2.27. The highest BCUT2D eigenvalue weighted by Crippen LogP contribution is 2.20. The Morgan fingerprint density at radius 2 is 2.25 bits per heavy atom. The summed E-state index contributed by atoms with van der Waals surface area (Å²) in [4.78, 5) is 13.4. The monoisotopic (exact) mass is 165 g/mol. The summed E-state index contributed by atoms with van der Waals surface area (Å²) in [6, 6.07) is 0. The van der Waals surface area contributed by atoms with Gasteiger partial charge in [0.25, 0.3) is 0 Å². The molecule has 0 aromatic rings. The number of likely N-dealkylation sites (tertiary alicyclic amines) is 1. The van der Waals surface area contributed by atoms with Crippen molar-refractivity contribution in [2.75, 3.05) is 13.1 Å². The van der Waals surface area contributed by atoms with E-state index in [1.807, 2.05) is 11.0 Å². The van der Waals surface area contributed by atoms with Gasteiger partial charge in [0.2, 0.25) is 5.91 Å². The Bertz CT molecular complexity index is 178. The van der Waals surface area contributed by atoms with Gasteiger partial charge in [-0.25, -0.2) is 0 Å². The average Bonchev–Trinajstić information content (AvgIpc) is 2.38. The van der Waals surface area contributed by atoms with Crippen LogP contribution in [0.4, 0.5) is 0 Å². The van der Waals surface area contributed by atoms with Crippen LogP contribution in [0.3, 0.4) is 0 Å². The van der Waals surface area contributed by atoms with Crippen LogP contribution in [0, 0.1) is 5.92 Å². The summed E-state index contributed by atoms with van der Waals surface area (Å²) in [5.41, 5.74) is 0. The molecule has 1 rings (SSSR count). The summed E-state index contributed by atoms with van der Waals surface area (Å²) >= 11 is 0. The van der Waals surface area contributed by atoms with Gasteiger partial charge in [0.1, 0.15) is 0 Å². The predicted molar refractivity (Wildman–Crippen MR) is 49.7 cm³/mol. The van der Waals surface area contributed by atoms with Crippen molar-refractivity contribution in [3.05, 3.63) is 25.3 Å². The van der Waals surface area contributed by atoms with E-state index in [0.29, 0.717) is 6.54 Å². The van der Waals surface area contributed by atoms with E-state index < -0.39 is 0 Å². The maximum Gasteiger partial charge on any atom is 0.226 e. The number of hydrogen-bond donors (Lipinski definition) is 0. The third-order valence-electron chi connectivity index (χ3n) is 2.21. The third kappa shape index (κ3) is 1.76. The molecule has 0 N–H and O–H groups in total. The van der Waals surface area contributed by atoms with E-state index in [1.165, 1.54) is 0 Å². The molecule has 0 aromatic heterocycles. The molecule has 0 radical (unpaired) electrons. The fraction of sp³-hybridized carbons (Fsp3) is 0.500. The summed E-state index contributed by atoms with van der Waals surface area (Å²) in [7, 11) is 0. The standard InChI is InChI=1S/C10H15NO/c1-3-5-9-6-8-11(7-4-2)10(9)12/h3-4,9H,1-2,5-8H2. The fourth-order valence-corrected chi connectivity index (χ4v) is 1.56. The molecule has 1 atom stereocenters. The first-order valence-corrected chi connectivity index (χ1v) is 4.30. The summed E-state index contributed by atoms with van der Waals surface area (Å²) in [5, 5.41) is 0. The van der Waals surface area contributed by atoms with E-state index in [2.05, 4.69) is 13.2 Å². The van der Waals surface area contributed by atoms with E-state index in [1.54, 1.807) is 6.08 Å². The SMILES string of the molecule is C=CCC1CCN(CC=C)C1=O. The number of carbonyl (C=O) groups is 1. The summed E-state index contributed by atoms with van der Waals surface area (Å²) in [5.74, 6) is 0.442. The Morgan fingerprint density at radius 3 is 2.83 bits per heavy atom. The lowest BCUT2D eigenvalue weighted by molar-refractivity contribution is -0.130. The molecule has 1 amide bonds. The number of rotatable bonds is 4. The molecular weight excluding hydrogens is 150 g/mol. The number of carbonyl (C=O) groups excluding carboxylic acids is 1. The summed E-state index contributed by atoms with van der Waals surface area (Å²) < 4.78 is 0. The first-order valence-electron chi connectivity index (χ1n) is 4.30. The average molecular weight is 165 g/mol. The maximum atomic E-state index is 11.5. The smallest absolute Gasteiger partial charge is 0.226 e. The van der Waals surface area contributed by atoms with Crippen LogP contribution in [0.25, 0.3) is 0 Å². The maximum absolute atomic E-state index is 11.5. The Balaban J connectivity index is 2.48. The van der Waals surface area contributed by atoms with Gasteiger partial charge in [-0.1, -0.05) is 12.2 Å². The van der Waals surface area contributed by atoms with Gasteiger partial charge in [-0.15, -0.1) is 13.2 Å². The minimum absolute atomic E-state index is 0.183. The second kappa shape index (κ2) is 4.10. The lowest BCUT2D eigenvalue weighted by Gasteiger charge is -2.13. The Kier molecular flexibility index (Phi) is 3.09. The highest BCUT2D eigenvalue weighted by Gasteiger charge is 2.29. The zero-order chi connectivity index (χ0) is 8.97. The summed E-state index contributed by atoms with van der Waals surface area (Å²) in [6.07, 6.45) is 5.37. The van der Waals surface area contributed by atoms with E-state index in [-0.39, 0.29) is 11.8 Å². The minimum Gasteiger partial charge on any atom is -0.339 e. The van der Waals surface area contributed by atoms with Crippen molar-refractivity contribution in [1.29, 1.82) is 0 Å². The molecule has 1 fully saturated rings. The molecule has 1 saturated heterocycles. The molecule has 1 aliphatic rings. The van der Waals surface area contributed by atoms with Crippen LogP contribution in [0.5, 0.6) is 0 Å². The molecule has 1 unspecified atom stereocenters. The predicted octanol–water partition coefficient (Wildman–Crippen LogP) is 1.60. The Labute approximate surface area is 73.6 Å². The second-order valence-electron chi connectivity index (χ2n) is 3.08. The van der Waals surface area contributed by atoms with Crippen LogP contribution < -0.4 is 0 Å². The highest BCUT2D eigenvalue weighted by atomic mass is 16.2. The van der Waals surface area contributed by atoms with Crippen molar-refractivity contribution >= 4 is 5.91 Å². The molecule has 12 heavy (non-hydrogen) atoms. The van der Waals surface area contributed by atoms with Gasteiger partial charge in [-0.2, -0.15) is 0 Å². The van der Waals surface area contributed by atoms with Crippen LogP contribution in [0.1, 0.15) is 12.8 Å². The molecule has 0 bridgehead atoms. The molecule has 2 heteroatoms. The molecule has 0 spiro atoms. The van der Waals surface area contributed by atoms with Crippen LogP contribution in [-0.4, -0.2) is 23.9 Å². The second-order valence-corrected chi connectivity index (χ2v) is 3.08. The van der Waals surface area contributed by atoms with E-state index >= 15 is 0 Å². The van der Waals surface area contributed by atoms with Gasteiger partial charge in [0.05, 0.1) is 0 Å². The highest BCUT2D eigenvalue weighted by molar-refractivity contribution is 5.81. The van der Waals surface area contributed by atoms with Crippen molar-refractivity contribution in [3.8, 4) is 0 Å². The number of allylic oxidation sites excluding steroid dienone is 1. The van der Waals surface area contributed by atoms with Crippen LogP contribution in [0.2, 0.25) is 0 Å². The zero-order valence-electron chi connectivity index (χ0n) is 7.33. The van der Waals surface area contributed by atoms with Gasteiger partial charge < -0.3 is 4.90 Å². The molecule has 2 nitrogen and oxygen atoms in total. The molecule has 0 saturated carbocycles. The zero-order valence-corrected chi connectivity index (χ0v) is 7.33. The van der Waals surface area contributed by atoms with E-state index in [9.17, 15) is 4.79 Å². The van der Waals surface area contributed by atoms with Gasteiger partial charge in [-0.3, -0.25) is 4.79 Å². The quantitative estimate of drug-likeness (QED) is 0.579. The van der Waals surface area contributed by atoms with E-state index in [0.717, 1.165) is 19.4 Å². The lowest BCUT2D eigenvalue weighted by atomic mass is 10.0. The first kappa shape index (κ1) is 9.04. The third-order valence-corrected chi connectivity index (χ3v) is 2.21. The normalized spacial score (nSPS) is 22.8. The Hall–Kier alpha value is -1.05. The summed E-state index contributed by atoms with van der Waals surface area (Å²) in [6.45, 7) is 8.82.